The zero-order valence-corrected chi connectivity index (χ0v) is 6.18. The summed E-state index contributed by atoms with van der Waals surface area (Å²) in [5.41, 5.74) is 0. The lowest BCUT2D eigenvalue weighted by atomic mass is 9.95. The lowest BCUT2D eigenvalue weighted by Gasteiger charge is -2.20. The molecule has 10 heavy (non-hydrogen) atoms. The van der Waals surface area contributed by atoms with Crippen LogP contribution in [0.25, 0.3) is 0 Å². The molecule has 0 spiro atoms. The number of nitrogens with zero attached hydrogens (tertiary/aromatic N) is 1. The summed E-state index contributed by atoms with van der Waals surface area (Å²) in [4.78, 5) is 9.78. The number of hydrogen-bond acceptors (Lipinski definition) is 3. The van der Waals surface area contributed by atoms with Gasteiger partial charge >= 0.3 is 0 Å². The molecular weight excluding hydrogens is 128 g/mol. The predicted octanol–water partition coefficient (Wildman–Crippen LogP) is 1.14. The molecule has 3 heteroatoms. The van der Waals surface area contributed by atoms with E-state index in [1.807, 2.05) is 0 Å². The first-order chi connectivity index (χ1) is 4.93. The van der Waals surface area contributed by atoms with Gasteiger partial charge in [-0.15, -0.1) is 0 Å². The molecule has 58 valence electrons. The van der Waals surface area contributed by atoms with Crippen LogP contribution in [0, 0.1) is 10.8 Å². The van der Waals surface area contributed by atoms with Crippen molar-refractivity contribution in [3.8, 4) is 0 Å². The summed E-state index contributed by atoms with van der Waals surface area (Å²) in [6, 6.07) is 0. The van der Waals surface area contributed by atoms with Gasteiger partial charge in [-0.05, 0) is 38.3 Å². The van der Waals surface area contributed by atoms with Crippen LogP contribution in [0.1, 0.15) is 19.3 Å². The molecule has 1 saturated heterocycles. The van der Waals surface area contributed by atoms with Crippen molar-refractivity contribution < 1.29 is 0 Å². The molecule has 0 radical (unpaired) electrons. The van der Waals surface area contributed by atoms with Crippen LogP contribution in [0.15, 0.2) is 5.18 Å². The molecule has 0 aromatic rings. The van der Waals surface area contributed by atoms with E-state index in [0.717, 1.165) is 25.4 Å². The fraction of sp³-hybridized carbons (Fsp3) is 1.00. The Balaban J connectivity index is 2.07. The van der Waals surface area contributed by atoms with Crippen molar-refractivity contribution in [3.05, 3.63) is 4.91 Å². The Morgan fingerprint density at radius 1 is 1.40 bits per heavy atom. The first-order valence-corrected chi connectivity index (χ1v) is 3.93. The monoisotopic (exact) mass is 142 g/mol. The first-order valence-electron chi connectivity index (χ1n) is 3.93. The van der Waals surface area contributed by atoms with Crippen LogP contribution in [-0.4, -0.2) is 19.6 Å². The highest BCUT2D eigenvalue weighted by Gasteiger charge is 2.11. The molecule has 1 rings (SSSR count). The van der Waals surface area contributed by atoms with Crippen LogP contribution < -0.4 is 5.32 Å². The van der Waals surface area contributed by atoms with Crippen molar-refractivity contribution in [1.29, 1.82) is 0 Å². The zero-order valence-electron chi connectivity index (χ0n) is 6.18. The van der Waals surface area contributed by atoms with Gasteiger partial charge in [0, 0.05) is 0 Å². The summed E-state index contributed by atoms with van der Waals surface area (Å²) < 4.78 is 0. The maximum atomic E-state index is 9.78. The third-order valence-corrected chi connectivity index (χ3v) is 2.09. The number of hydrogen-bond donors (Lipinski definition) is 1. The van der Waals surface area contributed by atoms with E-state index in [9.17, 15) is 4.91 Å². The Morgan fingerprint density at radius 2 is 2.10 bits per heavy atom. The Bertz CT molecular complexity index is 99.8. The van der Waals surface area contributed by atoms with Gasteiger partial charge in [0.15, 0.2) is 0 Å². The van der Waals surface area contributed by atoms with Crippen molar-refractivity contribution in [2.45, 2.75) is 19.3 Å². The van der Waals surface area contributed by atoms with Crippen molar-refractivity contribution in [2.75, 3.05) is 19.6 Å². The summed E-state index contributed by atoms with van der Waals surface area (Å²) in [7, 11) is 0. The Morgan fingerprint density at radius 3 is 2.70 bits per heavy atom. The van der Waals surface area contributed by atoms with Crippen molar-refractivity contribution >= 4 is 0 Å². The largest absolute Gasteiger partial charge is 0.317 e. The van der Waals surface area contributed by atoms with E-state index in [1.165, 1.54) is 12.8 Å². The molecule has 0 bridgehead atoms. The van der Waals surface area contributed by atoms with Gasteiger partial charge in [-0.3, -0.25) is 0 Å². The smallest absolute Gasteiger partial charge is 0.0813 e. The minimum atomic E-state index is 0.505. The highest BCUT2D eigenvalue weighted by atomic mass is 16.3. The molecule has 0 atom stereocenters. The van der Waals surface area contributed by atoms with Crippen LogP contribution in [0.5, 0.6) is 0 Å². The van der Waals surface area contributed by atoms with Gasteiger partial charge in [-0.25, -0.2) is 0 Å². The second-order valence-corrected chi connectivity index (χ2v) is 2.83. The number of nitrogens with one attached hydrogen (secondary N) is 1. The fourth-order valence-electron chi connectivity index (χ4n) is 1.41. The summed E-state index contributed by atoms with van der Waals surface area (Å²) in [6.45, 7) is 2.73. The second-order valence-electron chi connectivity index (χ2n) is 2.83. The molecule has 0 aliphatic carbocycles. The average molecular weight is 142 g/mol. The number of piperidine rings is 1. The van der Waals surface area contributed by atoms with E-state index >= 15 is 0 Å². The van der Waals surface area contributed by atoms with E-state index in [0.29, 0.717) is 6.54 Å². The molecule has 0 aromatic heterocycles. The van der Waals surface area contributed by atoms with Crippen molar-refractivity contribution in [3.63, 3.8) is 0 Å². The fourth-order valence-corrected chi connectivity index (χ4v) is 1.41. The second kappa shape index (κ2) is 4.39. The van der Waals surface area contributed by atoms with Crippen LogP contribution in [0.3, 0.4) is 0 Å². The standard InChI is InChI=1S/C7H14N2O/c10-9-6-3-7-1-4-8-5-2-7/h7-8H,1-6H2. The first kappa shape index (κ1) is 7.66. The lowest BCUT2D eigenvalue weighted by Crippen LogP contribution is -2.27. The van der Waals surface area contributed by atoms with E-state index in [1.54, 1.807) is 0 Å². The van der Waals surface area contributed by atoms with Gasteiger partial charge in [0.05, 0.1) is 6.54 Å². The molecule has 1 aliphatic rings. The van der Waals surface area contributed by atoms with Gasteiger partial charge < -0.3 is 5.32 Å². The van der Waals surface area contributed by atoms with Crippen molar-refractivity contribution in [2.24, 2.45) is 11.1 Å². The van der Waals surface area contributed by atoms with Gasteiger partial charge in [-0.1, -0.05) is 5.18 Å². The average Bonchev–Trinajstić information content (AvgIpc) is 2.03. The van der Waals surface area contributed by atoms with Gasteiger partial charge in [-0.2, -0.15) is 4.91 Å². The summed E-state index contributed by atoms with van der Waals surface area (Å²) in [5, 5.41) is 6.14. The highest BCUT2D eigenvalue weighted by molar-refractivity contribution is 4.68. The third kappa shape index (κ3) is 2.43. The van der Waals surface area contributed by atoms with E-state index < -0.39 is 0 Å². The lowest BCUT2D eigenvalue weighted by molar-refractivity contribution is 0.358. The summed E-state index contributed by atoms with van der Waals surface area (Å²) >= 11 is 0. The SMILES string of the molecule is O=NCCC1CCNCC1. The highest BCUT2D eigenvalue weighted by Crippen LogP contribution is 2.15. The van der Waals surface area contributed by atoms with Crippen molar-refractivity contribution in [1.82, 2.24) is 5.32 Å². The number of nitroso groups, excluding NO2 is 1. The van der Waals surface area contributed by atoms with Crippen LogP contribution in [-0.2, 0) is 0 Å². The minimum Gasteiger partial charge on any atom is -0.317 e. The molecule has 3 nitrogen and oxygen atoms in total. The normalized spacial score (nSPS) is 20.8. The molecule has 0 amide bonds. The summed E-state index contributed by atoms with van der Waals surface area (Å²) in [6.07, 6.45) is 3.43. The quantitative estimate of drug-likeness (QED) is 0.600. The van der Waals surface area contributed by atoms with Crippen LogP contribution in [0.4, 0.5) is 0 Å². The van der Waals surface area contributed by atoms with E-state index in [-0.39, 0.29) is 0 Å². The van der Waals surface area contributed by atoms with E-state index in [2.05, 4.69) is 10.5 Å². The summed E-state index contributed by atoms with van der Waals surface area (Å²) in [5.74, 6) is 0.749. The maximum absolute atomic E-state index is 9.78. The molecule has 1 heterocycles. The number of rotatable bonds is 3. The maximum Gasteiger partial charge on any atom is 0.0813 e. The zero-order chi connectivity index (χ0) is 7.23. The molecular formula is C7H14N2O. The Labute approximate surface area is 61.2 Å². The van der Waals surface area contributed by atoms with Gasteiger partial charge in [0.25, 0.3) is 0 Å². The van der Waals surface area contributed by atoms with Crippen LogP contribution in [0.2, 0.25) is 0 Å². The Hall–Kier alpha value is -0.440. The molecule has 1 N–H and O–H groups in total. The van der Waals surface area contributed by atoms with Gasteiger partial charge in [0.1, 0.15) is 0 Å². The third-order valence-electron chi connectivity index (χ3n) is 2.09. The molecule has 0 saturated carbocycles. The molecule has 1 aliphatic heterocycles. The minimum absolute atomic E-state index is 0.505. The topological polar surface area (TPSA) is 41.5 Å². The Kier molecular flexibility index (Phi) is 3.36. The van der Waals surface area contributed by atoms with Gasteiger partial charge in [0.2, 0.25) is 0 Å². The van der Waals surface area contributed by atoms with E-state index in [4.69, 9.17) is 0 Å². The molecule has 0 aromatic carbocycles. The molecule has 0 unspecified atom stereocenters. The van der Waals surface area contributed by atoms with Crippen LogP contribution >= 0.6 is 0 Å². The predicted molar refractivity (Wildman–Crippen MR) is 40.9 cm³/mol. The molecule has 1 fully saturated rings.